The van der Waals surface area contributed by atoms with E-state index < -0.39 is 7.60 Å². The molecule has 38 heavy (non-hydrogen) atoms. The Morgan fingerprint density at radius 3 is 1.84 bits per heavy atom. The van der Waals surface area contributed by atoms with Crippen molar-refractivity contribution in [2.24, 2.45) is 0 Å². The van der Waals surface area contributed by atoms with Gasteiger partial charge in [0.05, 0.1) is 25.1 Å². The molecule has 204 valence electrons. The van der Waals surface area contributed by atoms with E-state index >= 15 is 0 Å². The average molecular weight is 538 g/mol. The molecule has 0 saturated heterocycles. The van der Waals surface area contributed by atoms with Crippen molar-refractivity contribution in [1.82, 2.24) is 0 Å². The lowest BCUT2D eigenvalue weighted by molar-refractivity contribution is 0.102. The summed E-state index contributed by atoms with van der Waals surface area (Å²) in [5, 5.41) is 3.34. The first-order valence-electron chi connectivity index (χ1n) is 13.6. The monoisotopic (exact) mass is 537 g/mol. The molecule has 1 amide bonds. The number of ether oxygens (including phenoxy) is 1. The lowest BCUT2D eigenvalue weighted by Crippen LogP contribution is -2.14. The number of carbonyl (C=O) groups excluding carboxylic acids is 1. The molecule has 0 atom stereocenters. The predicted molar refractivity (Wildman–Crippen MR) is 156 cm³/mol. The first-order valence-corrected chi connectivity index (χ1v) is 15.2. The van der Waals surface area contributed by atoms with Crippen molar-refractivity contribution in [2.45, 2.75) is 59.3 Å². The molecule has 0 fully saturated rings. The highest BCUT2D eigenvalue weighted by atomic mass is 31.2. The number of hydrogen-bond donors (Lipinski definition) is 1. The molecule has 0 saturated carbocycles. The Kier molecular flexibility index (Phi) is 12.1. The van der Waals surface area contributed by atoms with Crippen molar-refractivity contribution in [3.63, 3.8) is 0 Å². The lowest BCUT2D eigenvalue weighted by Gasteiger charge is -2.17. The van der Waals surface area contributed by atoms with Gasteiger partial charge in [-0.05, 0) is 79.9 Å². The molecule has 3 aromatic carbocycles. The van der Waals surface area contributed by atoms with Crippen molar-refractivity contribution < 1.29 is 23.1 Å². The average Bonchev–Trinajstić information content (AvgIpc) is 2.93. The summed E-state index contributed by atoms with van der Waals surface area (Å²) in [6.45, 7) is 7.08. The second-order valence-corrected chi connectivity index (χ2v) is 11.1. The minimum Gasteiger partial charge on any atom is -0.494 e. The molecule has 0 aliphatic rings. The molecule has 3 aromatic rings. The van der Waals surface area contributed by atoms with Crippen molar-refractivity contribution in [1.29, 1.82) is 0 Å². The van der Waals surface area contributed by atoms with E-state index in [4.69, 9.17) is 13.8 Å². The van der Waals surface area contributed by atoms with Gasteiger partial charge in [-0.3, -0.25) is 9.36 Å². The Hall–Kier alpha value is -2.92. The molecule has 0 aliphatic heterocycles. The Morgan fingerprint density at radius 2 is 1.26 bits per heavy atom. The Morgan fingerprint density at radius 1 is 0.711 bits per heavy atom. The summed E-state index contributed by atoms with van der Waals surface area (Å²) in [4.78, 5) is 12.8. The molecule has 0 aliphatic carbocycles. The number of carbonyl (C=O) groups is 1. The maximum Gasteiger partial charge on any atom is 0.361 e. The number of benzene rings is 3. The highest BCUT2D eigenvalue weighted by molar-refractivity contribution is 7.62. The zero-order valence-electron chi connectivity index (χ0n) is 22.8. The van der Waals surface area contributed by atoms with Gasteiger partial charge in [0.1, 0.15) is 5.75 Å². The highest BCUT2D eigenvalue weighted by Crippen LogP contribution is 2.46. The van der Waals surface area contributed by atoms with Crippen LogP contribution >= 0.6 is 7.60 Å². The van der Waals surface area contributed by atoms with Crippen molar-refractivity contribution >= 4 is 24.5 Å². The number of rotatable bonds is 16. The van der Waals surface area contributed by atoms with Crippen LogP contribution in [0.2, 0.25) is 0 Å². The molecule has 0 radical (unpaired) electrons. The molecular weight excluding hydrogens is 497 g/mol. The topological polar surface area (TPSA) is 73.9 Å². The van der Waals surface area contributed by atoms with Gasteiger partial charge >= 0.3 is 7.60 Å². The van der Waals surface area contributed by atoms with Gasteiger partial charge in [0.2, 0.25) is 0 Å². The lowest BCUT2D eigenvalue weighted by atomic mass is 10.0. The third-order valence-corrected chi connectivity index (χ3v) is 8.27. The number of anilines is 1. The van der Waals surface area contributed by atoms with Crippen LogP contribution in [-0.4, -0.2) is 25.7 Å². The van der Waals surface area contributed by atoms with E-state index in [9.17, 15) is 9.36 Å². The molecule has 0 bridgehead atoms. The molecule has 0 spiro atoms. The van der Waals surface area contributed by atoms with Crippen molar-refractivity contribution in [3.8, 4) is 16.9 Å². The zero-order valence-corrected chi connectivity index (χ0v) is 23.7. The van der Waals surface area contributed by atoms with E-state index in [0.29, 0.717) is 16.6 Å². The maximum absolute atomic E-state index is 12.9. The van der Waals surface area contributed by atoms with Crippen molar-refractivity contribution in [3.05, 3.63) is 78.4 Å². The van der Waals surface area contributed by atoms with Gasteiger partial charge < -0.3 is 19.1 Å². The van der Waals surface area contributed by atoms with E-state index in [1.165, 1.54) is 32.1 Å². The van der Waals surface area contributed by atoms with E-state index in [1.54, 1.807) is 50.2 Å². The summed E-state index contributed by atoms with van der Waals surface area (Å²) in [6.07, 6.45) is 7.48. The second kappa shape index (κ2) is 15.5. The molecule has 0 unspecified atom stereocenters. The van der Waals surface area contributed by atoms with Gasteiger partial charge in [-0.1, -0.05) is 63.3 Å². The van der Waals surface area contributed by atoms with Crippen LogP contribution in [0.25, 0.3) is 11.1 Å². The first-order chi connectivity index (χ1) is 18.5. The van der Waals surface area contributed by atoms with Crippen LogP contribution in [-0.2, 0) is 13.6 Å². The summed E-state index contributed by atoms with van der Waals surface area (Å²) < 4.78 is 29.5. The Labute approximate surface area is 227 Å². The summed E-state index contributed by atoms with van der Waals surface area (Å²) in [6, 6.07) is 22.3. The van der Waals surface area contributed by atoms with Crippen LogP contribution < -0.4 is 15.4 Å². The minimum atomic E-state index is -3.36. The summed E-state index contributed by atoms with van der Waals surface area (Å²) >= 11 is 0. The third-order valence-electron chi connectivity index (χ3n) is 6.14. The largest absolute Gasteiger partial charge is 0.494 e. The smallest absolute Gasteiger partial charge is 0.361 e. The van der Waals surface area contributed by atoms with Crippen LogP contribution in [0.3, 0.4) is 0 Å². The van der Waals surface area contributed by atoms with E-state index in [1.807, 2.05) is 36.4 Å². The minimum absolute atomic E-state index is 0.222. The van der Waals surface area contributed by atoms with Gasteiger partial charge in [0, 0.05) is 11.3 Å². The van der Waals surface area contributed by atoms with Crippen LogP contribution in [0, 0.1) is 0 Å². The quantitative estimate of drug-likeness (QED) is 0.147. The van der Waals surface area contributed by atoms with Gasteiger partial charge in [0.25, 0.3) is 5.91 Å². The molecule has 7 heteroatoms. The van der Waals surface area contributed by atoms with Gasteiger partial charge in [0.15, 0.2) is 0 Å². The number of unbranched alkanes of at least 4 members (excludes halogenated alkanes) is 5. The fourth-order valence-corrected chi connectivity index (χ4v) is 5.65. The zero-order chi connectivity index (χ0) is 27.2. The van der Waals surface area contributed by atoms with Crippen LogP contribution in [0.1, 0.15) is 69.7 Å². The SMILES string of the molecule is CCCCCCCCOc1ccc(-c2ccc(C(=O)Nc3ccc(P(=O)(OCC)OCC)cc3)cc2)cc1. The van der Waals surface area contributed by atoms with Crippen LogP contribution in [0.4, 0.5) is 5.69 Å². The molecule has 0 heterocycles. The van der Waals surface area contributed by atoms with Crippen LogP contribution in [0.15, 0.2) is 72.8 Å². The fraction of sp³-hybridized carbons (Fsp3) is 0.387. The van der Waals surface area contributed by atoms with E-state index in [2.05, 4.69) is 12.2 Å². The Balaban J connectivity index is 1.52. The van der Waals surface area contributed by atoms with Gasteiger partial charge in [-0.2, -0.15) is 0 Å². The molecule has 1 N–H and O–H groups in total. The number of hydrogen-bond acceptors (Lipinski definition) is 5. The fourth-order valence-electron chi connectivity index (χ4n) is 4.09. The molecular formula is C31H40NO5P. The van der Waals surface area contributed by atoms with Gasteiger partial charge in [-0.15, -0.1) is 0 Å². The molecule has 6 nitrogen and oxygen atoms in total. The summed E-state index contributed by atoms with van der Waals surface area (Å²) in [5.41, 5.74) is 3.23. The highest BCUT2D eigenvalue weighted by Gasteiger charge is 2.26. The second-order valence-electron chi connectivity index (χ2n) is 9.05. The number of nitrogens with one attached hydrogen (secondary N) is 1. The summed E-state index contributed by atoms with van der Waals surface area (Å²) in [5.74, 6) is 0.656. The normalized spacial score (nSPS) is 11.3. The Bertz CT molecular complexity index is 1150. The molecule has 3 rings (SSSR count). The number of amides is 1. The van der Waals surface area contributed by atoms with Gasteiger partial charge in [-0.25, -0.2) is 0 Å². The van der Waals surface area contributed by atoms with E-state index in [-0.39, 0.29) is 19.1 Å². The standard InChI is InChI=1S/C31H40NO5P/c1-4-7-8-9-10-11-24-35-29-20-16-26(17-21-29)25-12-14-27(15-13-25)31(33)32-28-18-22-30(23-19-28)38(34,36-5-2)37-6-3/h12-23H,4-11,24H2,1-3H3,(H,32,33). The van der Waals surface area contributed by atoms with E-state index in [0.717, 1.165) is 29.9 Å². The third kappa shape index (κ3) is 8.83. The predicted octanol–water partition coefficient (Wildman–Crippen LogP) is 8.24. The van der Waals surface area contributed by atoms with Crippen LogP contribution in [0.5, 0.6) is 5.75 Å². The van der Waals surface area contributed by atoms with Crippen molar-refractivity contribution in [2.75, 3.05) is 25.1 Å². The molecule has 0 aromatic heterocycles. The first kappa shape index (κ1) is 29.6. The maximum atomic E-state index is 12.9. The summed E-state index contributed by atoms with van der Waals surface area (Å²) in [7, 11) is -3.36.